The third kappa shape index (κ3) is 3.66. The van der Waals surface area contributed by atoms with Gasteiger partial charge in [0.05, 0.1) is 18.2 Å². The fourth-order valence-electron chi connectivity index (χ4n) is 3.35. The van der Waals surface area contributed by atoms with Gasteiger partial charge in [-0.1, -0.05) is 60.3 Å². The maximum atomic E-state index is 13.8. The van der Waals surface area contributed by atoms with Gasteiger partial charge in [0, 0.05) is 10.4 Å². The molecule has 2 heterocycles. The number of hydrogen-bond acceptors (Lipinski definition) is 6. The molecular weight excluding hydrogens is 416 g/mol. The first-order chi connectivity index (χ1) is 14.5. The maximum absolute atomic E-state index is 13.8. The molecule has 152 valence electrons. The van der Waals surface area contributed by atoms with Gasteiger partial charge in [-0.25, -0.2) is 4.98 Å². The van der Waals surface area contributed by atoms with Crippen LogP contribution >= 0.6 is 23.1 Å². The number of thiophene rings is 1. The van der Waals surface area contributed by atoms with Gasteiger partial charge in [0.15, 0.2) is 5.16 Å². The molecule has 0 bridgehead atoms. The van der Waals surface area contributed by atoms with Crippen molar-refractivity contribution in [2.24, 2.45) is 0 Å². The lowest BCUT2D eigenvalue weighted by Gasteiger charge is -2.15. The van der Waals surface area contributed by atoms with E-state index in [1.807, 2.05) is 67.6 Å². The molecule has 30 heavy (non-hydrogen) atoms. The van der Waals surface area contributed by atoms with E-state index in [0.717, 1.165) is 16.0 Å². The number of carbonyl (C=O) groups excluding carboxylic acids is 1. The van der Waals surface area contributed by atoms with Crippen molar-refractivity contribution < 1.29 is 9.53 Å². The molecule has 1 unspecified atom stereocenters. The predicted molar refractivity (Wildman–Crippen MR) is 123 cm³/mol. The van der Waals surface area contributed by atoms with Crippen molar-refractivity contribution in [1.82, 2.24) is 9.55 Å². The second-order valence-electron chi connectivity index (χ2n) is 6.73. The number of carbonyl (C=O) groups is 1. The Morgan fingerprint density at radius 3 is 2.37 bits per heavy atom. The number of benzene rings is 2. The summed E-state index contributed by atoms with van der Waals surface area (Å²) in [5, 5.41) is 0.573. The minimum absolute atomic E-state index is 0.144. The van der Waals surface area contributed by atoms with E-state index in [0.29, 0.717) is 21.1 Å². The summed E-state index contributed by atoms with van der Waals surface area (Å²) in [6.07, 6.45) is 0. The van der Waals surface area contributed by atoms with Crippen LogP contribution in [0, 0.1) is 6.92 Å². The number of hydrogen-bond donors (Lipinski definition) is 0. The number of thioether (sulfide) groups is 1. The van der Waals surface area contributed by atoms with Crippen molar-refractivity contribution in [3.8, 4) is 16.8 Å². The number of ether oxygens (including phenoxy) is 1. The molecule has 4 rings (SSSR count). The number of rotatable bonds is 5. The quantitative estimate of drug-likeness (QED) is 0.248. The van der Waals surface area contributed by atoms with Crippen LogP contribution in [0.4, 0.5) is 0 Å². The Labute approximate surface area is 182 Å². The van der Waals surface area contributed by atoms with Gasteiger partial charge in [-0.05, 0) is 31.5 Å². The van der Waals surface area contributed by atoms with Crippen LogP contribution in [-0.4, -0.2) is 27.9 Å². The fraction of sp³-hybridized carbons (Fsp3) is 0.174. The Kier molecular flexibility index (Phi) is 5.74. The lowest BCUT2D eigenvalue weighted by atomic mass is 10.0. The number of esters is 1. The summed E-state index contributed by atoms with van der Waals surface area (Å²) < 4.78 is 6.44. The number of methoxy groups -OCH3 is 1. The average Bonchev–Trinajstić information content (AvgIpc) is 3.10. The lowest BCUT2D eigenvalue weighted by Crippen LogP contribution is -2.23. The van der Waals surface area contributed by atoms with Crippen LogP contribution < -0.4 is 5.56 Å². The van der Waals surface area contributed by atoms with Crippen molar-refractivity contribution in [3.05, 3.63) is 75.9 Å². The van der Waals surface area contributed by atoms with Crippen LogP contribution in [0.3, 0.4) is 0 Å². The minimum Gasteiger partial charge on any atom is -0.468 e. The zero-order valence-electron chi connectivity index (χ0n) is 16.8. The monoisotopic (exact) mass is 436 g/mol. The minimum atomic E-state index is -0.496. The van der Waals surface area contributed by atoms with Gasteiger partial charge in [0.25, 0.3) is 5.56 Å². The third-order valence-electron chi connectivity index (χ3n) is 4.76. The molecule has 0 saturated heterocycles. The second-order valence-corrected chi connectivity index (χ2v) is 9.24. The number of fused-ring (bicyclic) bond motifs is 1. The lowest BCUT2D eigenvalue weighted by molar-refractivity contribution is -0.139. The molecule has 0 aliphatic heterocycles. The molecular formula is C23H20N2O3S2. The molecule has 0 saturated carbocycles. The van der Waals surface area contributed by atoms with E-state index in [1.54, 1.807) is 11.5 Å². The van der Waals surface area contributed by atoms with E-state index in [9.17, 15) is 9.59 Å². The van der Waals surface area contributed by atoms with Gasteiger partial charge in [-0.3, -0.25) is 14.2 Å². The second kappa shape index (κ2) is 8.45. The van der Waals surface area contributed by atoms with E-state index in [2.05, 4.69) is 0 Å². The number of nitrogens with zero attached hydrogens (tertiary/aromatic N) is 2. The number of aromatic nitrogens is 2. The van der Waals surface area contributed by atoms with Gasteiger partial charge >= 0.3 is 5.97 Å². The molecule has 4 aromatic rings. The molecule has 7 heteroatoms. The first kappa shape index (κ1) is 20.4. The van der Waals surface area contributed by atoms with Crippen molar-refractivity contribution in [1.29, 1.82) is 0 Å². The topological polar surface area (TPSA) is 61.2 Å². The van der Waals surface area contributed by atoms with Gasteiger partial charge < -0.3 is 4.74 Å². The Morgan fingerprint density at radius 1 is 1.10 bits per heavy atom. The predicted octanol–water partition coefficient (Wildman–Crippen LogP) is 5.08. The van der Waals surface area contributed by atoms with E-state index in [4.69, 9.17) is 9.72 Å². The summed E-state index contributed by atoms with van der Waals surface area (Å²) in [6.45, 7) is 3.75. The zero-order chi connectivity index (χ0) is 21.3. The van der Waals surface area contributed by atoms with Crippen LogP contribution in [0.1, 0.15) is 11.8 Å². The van der Waals surface area contributed by atoms with Crippen LogP contribution in [0.15, 0.2) is 70.6 Å². The van der Waals surface area contributed by atoms with Crippen LogP contribution in [-0.2, 0) is 9.53 Å². The normalized spacial score (nSPS) is 12.1. The Morgan fingerprint density at radius 2 is 1.73 bits per heavy atom. The molecule has 5 nitrogen and oxygen atoms in total. The molecule has 0 amide bonds. The smallest absolute Gasteiger partial charge is 0.318 e. The van der Waals surface area contributed by atoms with Crippen molar-refractivity contribution in [2.75, 3.05) is 7.11 Å². The largest absolute Gasteiger partial charge is 0.468 e. The molecule has 0 aliphatic rings. The summed E-state index contributed by atoms with van der Waals surface area (Å²) in [6, 6.07) is 19.3. The van der Waals surface area contributed by atoms with Gasteiger partial charge in [-0.15, -0.1) is 11.3 Å². The third-order valence-corrected chi connectivity index (χ3v) is 6.79. The van der Waals surface area contributed by atoms with E-state index < -0.39 is 5.25 Å². The van der Waals surface area contributed by atoms with Gasteiger partial charge in [-0.2, -0.15) is 0 Å². The molecule has 0 spiro atoms. The molecule has 0 N–H and O–H groups in total. The fourth-order valence-corrected chi connectivity index (χ4v) is 5.39. The van der Waals surface area contributed by atoms with E-state index in [1.165, 1.54) is 30.2 Å². The SMILES string of the molecule is COC(=O)C(C)Sc1nc2sc(C)c(-c3ccccc3)c2c(=O)n1-c1ccccc1. The van der Waals surface area contributed by atoms with Crippen LogP contribution in [0.2, 0.25) is 0 Å². The van der Waals surface area contributed by atoms with Crippen LogP contribution in [0.5, 0.6) is 0 Å². The highest BCUT2D eigenvalue weighted by Crippen LogP contribution is 2.37. The molecule has 0 radical (unpaired) electrons. The Balaban J connectivity index is 2.01. The zero-order valence-corrected chi connectivity index (χ0v) is 18.4. The van der Waals surface area contributed by atoms with Crippen molar-refractivity contribution in [2.45, 2.75) is 24.3 Å². The van der Waals surface area contributed by atoms with E-state index in [-0.39, 0.29) is 11.5 Å². The first-order valence-electron chi connectivity index (χ1n) is 9.42. The maximum Gasteiger partial charge on any atom is 0.318 e. The van der Waals surface area contributed by atoms with Crippen molar-refractivity contribution in [3.63, 3.8) is 0 Å². The molecule has 2 aromatic heterocycles. The summed E-state index contributed by atoms with van der Waals surface area (Å²) in [5.41, 5.74) is 2.46. The number of aryl methyl sites for hydroxylation is 1. The van der Waals surface area contributed by atoms with Gasteiger partial charge in [0.2, 0.25) is 0 Å². The number of para-hydroxylation sites is 1. The highest BCUT2D eigenvalue weighted by molar-refractivity contribution is 8.00. The Bertz CT molecular complexity index is 1260. The Hall–Kier alpha value is -2.90. The summed E-state index contributed by atoms with van der Waals surface area (Å²) in [4.78, 5) is 32.3. The first-order valence-corrected chi connectivity index (χ1v) is 11.1. The highest BCUT2D eigenvalue weighted by atomic mass is 32.2. The molecule has 0 fully saturated rings. The molecule has 1 atom stereocenters. The van der Waals surface area contributed by atoms with Gasteiger partial charge in [0.1, 0.15) is 10.1 Å². The standard InChI is InChI=1S/C23H20N2O3S2/c1-14-18(16-10-6-4-7-11-16)19-20(29-14)24-23(30-15(2)22(27)28-3)25(21(19)26)17-12-8-5-9-13-17/h4-13,15H,1-3H3. The summed E-state index contributed by atoms with van der Waals surface area (Å²) in [7, 11) is 1.36. The van der Waals surface area contributed by atoms with E-state index >= 15 is 0 Å². The summed E-state index contributed by atoms with van der Waals surface area (Å²) >= 11 is 2.71. The average molecular weight is 437 g/mol. The molecule has 2 aromatic carbocycles. The molecule has 0 aliphatic carbocycles. The highest BCUT2D eigenvalue weighted by Gasteiger charge is 2.24. The van der Waals surface area contributed by atoms with Crippen molar-refractivity contribution >= 4 is 39.3 Å². The van der Waals surface area contributed by atoms with Crippen LogP contribution in [0.25, 0.3) is 27.0 Å². The summed E-state index contributed by atoms with van der Waals surface area (Å²) in [5.74, 6) is -0.360.